The first-order valence-corrected chi connectivity index (χ1v) is 23.3. The summed E-state index contributed by atoms with van der Waals surface area (Å²) in [5, 5.41) is 10.1. The summed E-state index contributed by atoms with van der Waals surface area (Å²) in [5.74, 6) is 0. The molecular weight excluding hydrogens is 797 g/mol. The molecule has 10 aromatic rings. The summed E-state index contributed by atoms with van der Waals surface area (Å²) in [5.41, 5.74) is 14.7. The smallest absolute Gasteiger partial charge is 0.0468 e. The largest absolute Gasteiger partial charge is 0.311 e. The standard InChI is InChI=1S/C64H48N2/c1-5-20-48(21-6-1)63-59-40-38-55(65(51-24-7-2-8-25-51)52-26-9-3-10-27-52)43-62(59)64(49-34-32-47(33-35-49)58-31-17-23-46-19-15-16-30-57(46)58)60-41-39-56(44-61(60)63)66(53-28-11-4-12-29-53)54-37-36-45-18-13-14-22-50(45)42-54/h1-3,5-11,13-32,34,36-44H,4,12,33,35H2. The van der Waals surface area contributed by atoms with Crippen molar-refractivity contribution in [3.05, 3.63) is 260 Å². The third-order valence-corrected chi connectivity index (χ3v) is 13.5. The molecule has 0 amide bonds. The van der Waals surface area contributed by atoms with Gasteiger partial charge in [-0.2, -0.15) is 0 Å². The number of benzene rings is 10. The first-order chi connectivity index (χ1) is 32.7. The lowest BCUT2D eigenvalue weighted by Crippen LogP contribution is -2.16. The Balaban J connectivity index is 1.13. The van der Waals surface area contributed by atoms with Gasteiger partial charge in [0, 0.05) is 34.1 Å². The Bertz CT molecular complexity index is 3530. The SMILES string of the molecule is C1=CC(N(c2ccc3ccccc3c2)c2ccc3c(C4=CC=C(c5cccc6ccccc56)CC4)c4cc(N(c5ccccc5)c5ccccc5)ccc4c(-c4ccccc4)c3c2)=CCC1. The van der Waals surface area contributed by atoms with Gasteiger partial charge >= 0.3 is 0 Å². The second-order valence-corrected chi connectivity index (χ2v) is 17.5. The molecule has 0 heterocycles. The molecule has 0 saturated heterocycles. The molecule has 0 aromatic heterocycles. The van der Waals surface area contributed by atoms with Gasteiger partial charge in [-0.3, -0.25) is 0 Å². The van der Waals surface area contributed by atoms with E-state index >= 15 is 0 Å². The molecule has 314 valence electrons. The molecule has 0 unspecified atom stereocenters. The monoisotopic (exact) mass is 844 g/mol. The van der Waals surface area contributed by atoms with E-state index < -0.39 is 0 Å². The topological polar surface area (TPSA) is 6.48 Å². The molecule has 12 rings (SSSR count). The normalized spacial score (nSPS) is 13.7. The number of hydrogen-bond acceptors (Lipinski definition) is 2. The average Bonchev–Trinajstić information content (AvgIpc) is 3.39. The highest BCUT2D eigenvalue weighted by atomic mass is 15.1. The van der Waals surface area contributed by atoms with Gasteiger partial charge in [-0.1, -0.05) is 176 Å². The van der Waals surface area contributed by atoms with E-state index in [0.717, 1.165) is 54.1 Å². The van der Waals surface area contributed by atoms with Gasteiger partial charge in [-0.25, -0.2) is 0 Å². The van der Waals surface area contributed by atoms with Crippen LogP contribution in [-0.2, 0) is 0 Å². The lowest BCUT2D eigenvalue weighted by atomic mass is 9.81. The summed E-state index contributed by atoms with van der Waals surface area (Å²) < 4.78 is 0. The fraction of sp³-hybridized carbons (Fsp3) is 0.0625. The lowest BCUT2D eigenvalue weighted by Gasteiger charge is -2.30. The third kappa shape index (κ3) is 7.18. The molecule has 2 nitrogen and oxygen atoms in total. The first kappa shape index (κ1) is 39.4. The Kier molecular flexibility index (Phi) is 10.2. The number of anilines is 5. The predicted octanol–water partition coefficient (Wildman–Crippen LogP) is 18.1. The maximum Gasteiger partial charge on any atom is 0.0468 e. The Labute approximate surface area is 387 Å². The van der Waals surface area contributed by atoms with Crippen LogP contribution in [0.2, 0.25) is 0 Å². The molecule has 0 saturated carbocycles. The molecule has 0 N–H and O–H groups in total. The highest BCUT2D eigenvalue weighted by Gasteiger charge is 2.24. The number of allylic oxidation sites excluding steroid dienone is 7. The molecule has 2 aliphatic carbocycles. The van der Waals surface area contributed by atoms with Crippen LogP contribution in [0, 0.1) is 0 Å². The van der Waals surface area contributed by atoms with Crippen LogP contribution < -0.4 is 9.80 Å². The van der Waals surface area contributed by atoms with Gasteiger partial charge < -0.3 is 9.80 Å². The Hall–Kier alpha value is -8.20. The zero-order valence-corrected chi connectivity index (χ0v) is 36.8. The van der Waals surface area contributed by atoms with Crippen molar-refractivity contribution in [3.8, 4) is 11.1 Å². The van der Waals surface area contributed by atoms with E-state index in [4.69, 9.17) is 0 Å². The van der Waals surface area contributed by atoms with E-state index in [2.05, 4.69) is 253 Å². The first-order valence-electron chi connectivity index (χ1n) is 23.3. The average molecular weight is 845 g/mol. The summed E-state index contributed by atoms with van der Waals surface area (Å²) in [4.78, 5) is 4.85. The van der Waals surface area contributed by atoms with Crippen LogP contribution in [0.1, 0.15) is 36.8 Å². The Morgan fingerprint density at radius 3 is 1.59 bits per heavy atom. The van der Waals surface area contributed by atoms with E-state index in [1.54, 1.807) is 0 Å². The number of para-hydroxylation sites is 2. The van der Waals surface area contributed by atoms with Crippen LogP contribution in [0.5, 0.6) is 0 Å². The molecule has 10 aromatic carbocycles. The molecular formula is C64H48N2. The van der Waals surface area contributed by atoms with Crippen LogP contribution in [0.3, 0.4) is 0 Å². The van der Waals surface area contributed by atoms with Gasteiger partial charge in [0.25, 0.3) is 0 Å². The van der Waals surface area contributed by atoms with Crippen molar-refractivity contribution in [3.63, 3.8) is 0 Å². The quantitative estimate of drug-likeness (QED) is 0.134. The fourth-order valence-corrected chi connectivity index (χ4v) is 10.4. The van der Waals surface area contributed by atoms with Crippen molar-refractivity contribution in [2.45, 2.75) is 25.7 Å². The van der Waals surface area contributed by atoms with Gasteiger partial charge in [0.1, 0.15) is 0 Å². The molecule has 0 spiro atoms. The van der Waals surface area contributed by atoms with Gasteiger partial charge in [0.15, 0.2) is 0 Å². The molecule has 0 radical (unpaired) electrons. The van der Waals surface area contributed by atoms with Crippen LogP contribution in [0.15, 0.2) is 248 Å². The third-order valence-electron chi connectivity index (χ3n) is 13.5. The van der Waals surface area contributed by atoms with Gasteiger partial charge in [-0.05, 0) is 169 Å². The van der Waals surface area contributed by atoms with Crippen molar-refractivity contribution in [1.29, 1.82) is 0 Å². The summed E-state index contributed by atoms with van der Waals surface area (Å²) in [6.45, 7) is 0. The molecule has 66 heavy (non-hydrogen) atoms. The second kappa shape index (κ2) is 17.1. The van der Waals surface area contributed by atoms with Crippen molar-refractivity contribution in [2.75, 3.05) is 9.80 Å². The molecule has 2 aliphatic rings. The van der Waals surface area contributed by atoms with E-state index in [1.807, 2.05) is 0 Å². The van der Waals surface area contributed by atoms with E-state index in [1.165, 1.54) is 82.2 Å². The number of nitrogens with zero attached hydrogens (tertiary/aromatic N) is 2. The molecule has 0 atom stereocenters. The molecule has 2 heteroatoms. The lowest BCUT2D eigenvalue weighted by molar-refractivity contribution is 0.998. The van der Waals surface area contributed by atoms with Crippen LogP contribution in [-0.4, -0.2) is 0 Å². The van der Waals surface area contributed by atoms with E-state index in [0.29, 0.717) is 0 Å². The fourth-order valence-electron chi connectivity index (χ4n) is 10.4. The van der Waals surface area contributed by atoms with Crippen LogP contribution in [0.25, 0.3) is 65.4 Å². The van der Waals surface area contributed by atoms with Crippen molar-refractivity contribution in [1.82, 2.24) is 0 Å². The highest BCUT2D eigenvalue weighted by Crippen LogP contribution is 2.48. The number of hydrogen-bond donors (Lipinski definition) is 0. The minimum atomic E-state index is 0.928. The van der Waals surface area contributed by atoms with Gasteiger partial charge in [0.05, 0.1) is 0 Å². The molecule has 0 bridgehead atoms. The highest BCUT2D eigenvalue weighted by molar-refractivity contribution is 6.20. The van der Waals surface area contributed by atoms with E-state index in [-0.39, 0.29) is 0 Å². The Morgan fingerprint density at radius 2 is 0.894 bits per heavy atom. The molecule has 0 fully saturated rings. The van der Waals surface area contributed by atoms with Crippen molar-refractivity contribution >= 4 is 82.7 Å². The second-order valence-electron chi connectivity index (χ2n) is 17.5. The van der Waals surface area contributed by atoms with Crippen LogP contribution >= 0.6 is 0 Å². The minimum Gasteiger partial charge on any atom is -0.311 e. The maximum atomic E-state index is 2.47. The minimum absolute atomic E-state index is 0.928. The van der Waals surface area contributed by atoms with E-state index in [9.17, 15) is 0 Å². The van der Waals surface area contributed by atoms with Crippen LogP contribution in [0.4, 0.5) is 28.4 Å². The number of fused-ring (bicyclic) bond motifs is 4. The summed E-state index contributed by atoms with van der Waals surface area (Å²) >= 11 is 0. The Morgan fingerprint density at radius 1 is 0.333 bits per heavy atom. The summed E-state index contributed by atoms with van der Waals surface area (Å²) in [7, 11) is 0. The van der Waals surface area contributed by atoms with Gasteiger partial charge in [0.2, 0.25) is 0 Å². The zero-order chi connectivity index (χ0) is 43.8. The molecule has 0 aliphatic heterocycles. The van der Waals surface area contributed by atoms with Gasteiger partial charge in [-0.15, -0.1) is 0 Å². The van der Waals surface area contributed by atoms with Crippen molar-refractivity contribution in [2.24, 2.45) is 0 Å². The summed E-state index contributed by atoms with van der Waals surface area (Å²) in [6.07, 6.45) is 15.8. The predicted molar refractivity (Wildman–Crippen MR) is 283 cm³/mol. The van der Waals surface area contributed by atoms with Crippen molar-refractivity contribution < 1.29 is 0 Å². The zero-order valence-electron chi connectivity index (χ0n) is 36.8. The maximum absolute atomic E-state index is 2.47. The summed E-state index contributed by atoms with van der Waals surface area (Å²) in [6, 6.07) is 78.0. The number of rotatable bonds is 9.